The minimum Gasteiger partial charge on any atom is -0.481 e. The Morgan fingerprint density at radius 2 is 2.44 bits per heavy atom. The topological polar surface area (TPSA) is 55.1 Å². The van der Waals surface area contributed by atoms with Crippen molar-refractivity contribution in [2.24, 2.45) is 5.92 Å². The highest BCUT2D eigenvalue weighted by molar-refractivity contribution is 7.99. The molecule has 1 aliphatic rings. The van der Waals surface area contributed by atoms with Gasteiger partial charge < -0.3 is 9.67 Å². The van der Waals surface area contributed by atoms with Crippen LogP contribution in [0.4, 0.5) is 0 Å². The third-order valence-corrected chi connectivity index (χ3v) is 3.94. The average molecular weight is 240 g/mol. The number of aliphatic carboxylic acids is 1. The third kappa shape index (κ3) is 2.40. The number of hydrogen-bond acceptors (Lipinski definition) is 3. The number of imidazole rings is 1. The summed E-state index contributed by atoms with van der Waals surface area (Å²) in [5.74, 6) is 0.0294. The maximum Gasteiger partial charge on any atom is 0.313 e. The van der Waals surface area contributed by atoms with Gasteiger partial charge in [-0.15, -0.1) is 0 Å². The predicted octanol–water partition coefficient (Wildman–Crippen LogP) is 2.34. The minimum absolute atomic E-state index is 0.0772. The van der Waals surface area contributed by atoms with Crippen LogP contribution in [0.2, 0.25) is 0 Å². The smallest absolute Gasteiger partial charge is 0.313 e. The summed E-state index contributed by atoms with van der Waals surface area (Å²) in [7, 11) is 0. The van der Waals surface area contributed by atoms with Gasteiger partial charge in [0.05, 0.1) is 5.75 Å². The Hall–Kier alpha value is -0.970. The van der Waals surface area contributed by atoms with Crippen LogP contribution in [0.3, 0.4) is 0 Å². The van der Waals surface area contributed by atoms with Gasteiger partial charge in [-0.25, -0.2) is 4.98 Å². The summed E-state index contributed by atoms with van der Waals surface area (Å²) in [6.07, 6.45) is 4.38. The molecule has 1 atom stereocenters. The van der Waals surface area contributed by atoms with E-state index in [4.69, 9.17) is 5.11 Å². The van der Waals surface area contributed by atoms with Gasteiger partial charge in [-0.05, 0) is 32.6 Å². The molecule has 1 heterocycles. The van der Waals surface area contributed by atoms with Crippen molar-refractivity contribution in [1.82, 2.24) is 9.55 Å². The lowest BCUT2D eigenvalue weighted by molar-refractivity contribution is -0.133. The van der Waals surface area contributed by atoms with E-state index in [2.05, 4.69) is 16.5 Å². The second kappa shape index (κ2) is 4.49. The normalized spacial score (nSPS) is 17.4. The highest BCUT2D eigenvalue weighted by Crippen LogP contribution is 2.41. The lowest BCUT2D eigenvalue weighted by atomic mass is 10.2. The zero-order valence-electron chi connectivity index (χ0n) is 9.51. The Labute approximate surface area is 99.1 Å². The maximum absolute atomic E-state index is 10.5. The van der Waals surface area contributed by atoms with Gasteiger partial charge in [-0.2, -0.15) is 0 Å². The molecule has 4 nitrogen and oxygen atoms in total. The SMILES string of the molecule is Cc1cnc(SCC(=O)O)n1C(C)C1CC1. The molecule has 1 unspecified atom stereocenters. The molecule has 0 saturated heterocycles. The van der Waals surface area contributed by atoms with Gasteiger partial charge >= 0.3 is 5.97 Å². The van der Waals surface area contributed by atoms with Crippen LogP contribution in [0.15, 0.2) is 11.4 Å². The fraction of sp³-hybridized carbons (Fsp3) is 0.636. The van der Waals surface area contributed by atoms with E-state index < -0.39 is 5.97 Å². The highest BCUT2D eigenvalue weighted by atomic mass is 32.2. The summed E-state index contributed by atoms with van der Waals surface area (Å²) in [6.45, 7) is 4.22. The van der Waals surface area contributed by atoms with Crippen LogP contribution in [0, 0.1) is 12.8 Å². The van der Waals surface area contributed by atoms with Crippen LogP contribution in [0.5, 0.6) is 0 Å². The quantitative estimate of drug-likeness (QED) is 0.803. The van der Waals surface area contributed by atoms with Gasteiger partial charge in [0.25, 0.3) is 0 Å². The number of carbonyl (C=O) groups is 1. The van der Waals surface area contributed by atoms with Crippen molar-refractivity contribution in [3.8, 4) is 0 Å². The zero-order chi connectivity index (χ0) is 11.7. The molecule has 5 heteroatoms. The summed E-state index contributed by atoms with van der Waals surface area (Å²) in [5.41, 5.74) is 1.12. The predicted molar refractivity (Wildman–Crippen MR) is 62.8 cm³/mol. The Morgan fingerprint density at radius 3 is 3.00 bits per heavy atom. The van der Waals surface area contributed by atoms with Crippen LogP contribution in [-0.2, 0) is 4.79 Å². The first-order valence-electron chi connectivity index (χ1n) is 5.48. The lowest BCUT2D eigenvalue weighted by Crippen LogP contribution is -2.11. The summed E-state index contributed by atoms with van der Waals surface area (Å²) in [6, 6.07) is 0.443. The van der Waals surface area contributed by atoms with E-state index in [-0.39, 0.29) is 5.75 Å². The van der Waals surface area contributed by atoms with Crippen LogP contribution in [0.1, 0.15) is 31.5 Å². The van der Waals surface area contributed by atoms with Crippen LogP contribution >= 0.6 is 11.8 Å². The van der Waals surface area contributed by atoms with Crippen molar-refractivity contribution in [2.45, 2.75) is 37.9 Å². The first kappa shape index (κ1) is 11.5. The average Bonchev–Trinajstić information content (AvgIpc) is 2.99. The summed E-state index contributed by atoms with van der Waals surface area (Å²) in [5, 5.41) is 9.51. The number of thioether (sulfide) groups is 1. The number of rotatable bonds is 5. The Morgan fingerprint density at radius 1 is 1.75 bits per heavy atom. The van der Waals surface area contributed by atoms with E-state index in [9.17, 15) is 4.79 Å². The van der Waals surface area contributed by atoms with Crippen molar-refractivity contribution in [2.75, 3.05) is 5.75 Å². The molecule has 1 aromatic heterocycles. The van der Waals surface area contributed by atoms with Crippen LogP contribution in [0.25, 0.3) is 0 Å². The molecule has 1 fully saturated rings. The van der Waals surface area contributed by atoms with Crippen molar-refractivity contribution in [3.05, 3.63) is 11.9 Å². The van der Waals surface area contributed by atoms with Gasteiger partial charge in [-0.3, -0.25) is 4.79 Å². The van der Waals surface area contributed by atoms with E-state index in [1.165, 1.54) is 24.6 Å². The molecular formula is C11H16N2O2S. The van der Waals surface area contributed by atoms with E-state index >= 15 is 0 Å². The largest absolute Gasteiger partial charge is 0.481 e. The van der Waals surface area contributed by atoms with Gasteiger partial charge in [-0.1, -0.05) is 11.8 Å². The molecule has 0 amide bonds. The highest BCUT2D eigenvalue weighted by Gasteiger charge is 2.31. The fourth-order valence-electron chi connectivity index (χ4n) is 1.94. The molecular weight excluding hydrogens is 224 g/mol. The summed E-state index contributed by atoms with van der Waals surface area (Å²) >= 11 is 1.30. The van der Waals surface area contributed by atoms with E-state index in [0.717, 1.165) is 16.8 Å². The van der Waals surface area contributed by atoms with Crippen molar-refractivity contribution < 1.29 is 9.90 Å². The number of nitrogens with zero attached hydrogens (tertiary/aromatic N) is 2. The van der Waals surface area contributed by atoms with E-state index in [1.807, 2.05) is 13.1 Å². The van der Waals surface area contributed by atoms with Gasteiger partial charge in [0, 0.05) is 17.9 Å². The van der Waals surface area contributed by atoms with Crippen molar-refractivity contribution >= 4 is 17.7 Å². The van der Waals surface area contributed by atoms with Gasteiger partial charge in [0.1, 0.15) is 0 Å². The molecule has 1 saturated carbocycles. The van der Waals surface area contributed by atoms with Crippen LogP contribution < -0.4 is 0 Å². The lowest BCUT2D eigenvalue weighted by Gasteiger charge is -2.17. The van der Waals surface area contributed by atoms with Gasteiger partial charge in [0.15, 0.2) is 5.16 Å². The standard InChI is InChI=1S/C11H16N2O2S/c1-7-5-12-11(16-6-10(14)15)13(7)8(2)9-3-4-9/h5,8-9H,3-4,6H2,1-2H3,(H,14,15). The zero-order valence-corrected chi connectivity index (χ0v) is 10.3. The number of carboxylic acids is 1. The molecule has 2 rings (SSSR count). The second-order valence-corrected chi connectivity index (χ2v) is 5.26. The second-order valence-electron chi connectivity index (χ2n) is 4.31. The minimum atomic E-state index is -0.795. The molecule has 1 aliphatic carbocycles. The van der Waals surface area contributed by atoms with Crippen molar-refractivity contribution in [3.63, 3.8) is 0 Å². The van der Waals surface area contributed by atoms with Crippen LogP contribution in [-0.4, -0.2) is 26.4 Å². The molecule has 1 N–H and O–H groups in total. The molecule has 0 radical (unpaired) electrons. The fourth-order valence-corrected chi connectivity index (χ4v) is 2.77. The van der Waals surface area contributed by atoms with Crippen molar-refractivity contribution in [1.29, 1.82) is 0 Å². The molecule has 16 heavy (non-hydrogen) atoms. The molecule has 0 aliphatic heterocycles. The number of carboxylic acid groups (broad SMARTS) is 1. The van der Waals surface area contributed by atoms with Gasteiger partial charge in [0.2, 0.25) is 0 Å². The third-order valence-electron chi connectivity index (χ3n) is 2.98. The molecule has 0 spiro atoms. The first-order valence-corrected chi connectivity index (χ1v) is 6.46. The molecule has 88 valence electrons. The molecule has 1 aromatic rings. The number of aromatic nitrogens is 2. The van der Waals surface area contributed by atoms with E-state index in [0.29, 0.717) is 6.04 Å². The number of aryl methyl sites for hydroxylation is 1. The Kier molecular flexibility index (Phi) is 3.23. The monoisotopic (exact) mass is 240 g/mol. The van der Waals surface area contributed by atoms with E-state index in [1.54, 1.807) is 0 Å². The Bertz CT molecular complexity index is 399. The summed E-state index contributed by atoms with van der Waals surface area (Å²) in [4.78, 5) is 14.8. The Balaban J connectivity index is 2.14. The molecule has 0 aromatic carbocycles. The maximum atomic E-state index is 10.5. The summed E-state index contributed by atoms with van der Waals surface area (Å²) < 4.78 is 2.17. The number of hydrogen-bond donors (Lipinski definition) is 1. The molecule has 0 bridgehead atoms. The first-order chi connectivity index (χ1) is 7.59.